The van der Waals surface area contributed by atoms with Crippen LogP contribution in [0.15, 0.2) is 60.1 Å². The molecule has 0 fully saturated rings. The predicted octanol–water partition coefficient (Wildman–Crippen LogP) is 3.64. The second kappa shape index (κ2) is 9.27. The zero-order chi connectivity index (χ0) is 21.7. The number of aromatic nitrogens is 1. The van der Waals surface area contributed by atoms with E-state index in [1.165, 1.54) is 23.5 Å². The second-order valence-electron chi connectivity index (χ2n) is 6.29. The standard InChI is InChI=1S/C21H19N3O5S/c1-3-11-23-17-10-7-15(20(26)29-4-2)13-18(17)30-21(23)22-19(25)12-14-5-8-16(9-6-14)24(27)28/h3,5-10,13H,1,4,11-12H2,2H3. The number of nitro groups is 1. The molecular weight excluding hydrogens is 406 g/mol. The van der Waals surface area contributed by atoms with Gasteiger partial charge in [0.2, 0.25) is 0 Å². The Balaban J connectivity index is 1.94. The van der Waals surface area contributed by atoms with Crippen molar-refractivity contribution in [1.82, 2.24) is 4.57 Å². The number of rotatable bonds is 7. The maximum atomic E-state index is 12.5. The molecule has 0 aliphatic carbocycles. The molecule has 2 aromatic carbocycles. The van der Waals surface area contributed by atoms with Crippen LogP contribution in [0.4, 0.5) is 5.69 Å². The molecule has 154 valence electrons. The van der Waals surface area contributed by atoms with E-state index in [0.29, 0.717) is 22.5 Å². The van der Waals surface area contributed by atoms with Crippen molar-refractivity contribution in [2.24, 2.45) is 4.99 Å². The highest BCUT2D eigenvalue weighted by molar-refractivity contribution is 7.16. The SMILES string of the molecule is C=CCn1c(=NC(=O)Cc2ccc([N+](=O)[O-])cc2)sc2cc(C(=O)OCC)ccc21. The number of thiazole rings is 1. The fourth-order valence-electron chi connectivity index (χ4n) is 2.86. The van der Waals surface area contributed by atoms with Gasteiger partial charge in [0.1, 0.15) is 0 Å². The smallest absolute Gasteiger partial charge is 0.338 e. The van der Waals surface area contributed by atoms with Crippen molar-refractivity contribution >= 4 is 39.1 Å². The molecule has 30 heavy (non-hydrogen) atoms. The minimum Gasteiger partial charge on any atom is -0.462 e. The number of nitrogens with zero attached hydrogens (tertiary/aromatic N) is 3. The lowest BCUT2D eigenvalue weighted by molar-refractivity contribution is -0.384. The van der Waals surface area contributed by atoms with Gasteiger partial charge in [-0.2, -0.15) is 4.99 Å². The van der Waals surface area contributed by atoms with Crippen LogP contribution in [0, 0.1) is 10.1 Å². The molecule has 9 heteroatoms. The molecule has 0 unspecified atom stereocenters. The van der Waals surface area contributed by atoms with Gasteiger partial charge in [-0.15, -0.1) is 6.58 Å². The van der Waals surface area contributed by atoms with E-state index >= 15 is 0 Å². The Morgan fingerprint density at radius 3 is 2.63 bits per heavy atom. The van der Waals surface area contributed by atoms with Crippen molar-refractivity contribution in [1.29, 1.82) is 0 Å². The first kappa shape index (κ1) is 21.1. The maximum absolute atomic E-state index is 12.5. The summed E-state index contributed by atoms with van der Waals surface area (Å²) in [5.41, 5.74) is 1.86. The van der Waals surface area contributed by atoms with Gasteiger partial charge >= 0.3 is 5.97 Å². The van der Waals surface area contributed by atoms with Crippen LogP contribution in [-0.4, -0.2) is 28.0 Å². The molecule has 1 aromatic heterocycles. The van der Waals surface area contributed by atoms with Gasteiger partial charge in [0.15, 0.2) is 4.80 Å². The number of esters is 1. The highest BCUT2D eigenvalue weighted by Crippen LogP contribution is 2.20. The van der Waals surface area contributed by atoms with Crippen LogP contribution in [0.3, 0.4) is 0 Å². The van der Waals surface area contributed by atoms with Crippen molar-refractivity contribution in [2.45, 2.75) is 19.9 Å². The molecule has 0 N–H and O–H groups in total. The number of fused-ring (bicyclic) bond motifs is 1. The molecular formula is C21H19N3O5S. The number of hydrogen-bond donors (Lipinski definition) is 0. The molecule has 0 spiro atoms. The third kappa shape index (κ3) is 4.69. The normalized spacial score (nSPS) is 11.4. The molecule has 0 bridgehead atoms. The van der Waals surface area contributed by atoms with Gasteiger partial charge in [-0.05, 0) is 30.7 Å². The van der Waals surface area contributed by atoms with E-state index in [1.54, 1.807) is 43.3 Å². The summed E-state index contributed by atoms with van der Waals surface area (Å²) >= 11 is 1.29. The summed E-state index contributed by atoms with van der Waals surface area (Å²) in [7, 11) is 0. The topological polar surface area (TPSA) is 104 Å². The van der Waals surface area contributed by atoms with Crippen LogP contribution in [0.1, 0.15) is 22.8 Å². The Labute approximate surface area is 175 Å². The quantitative estimate of drug-likeness (QED) is 0.249. The van der Waals surface area contributed by atoms with Crippen LogP contribution < -0.4 is 4.80 Å². The number of carbonyl (C=O) groups excluding carboxylic acids is 2. The average Bonchev–Trinajstić information content (AvgIpc) is 3.05. The average molecular weight is 425 g/mol. The van der Waals surface area contributed by atoms with Crippen LogP contribution in [0.25, 0.3) is 10.2 Å². The third-order valence-electron chi connectivity index (χ3n) is 4.23. The van der Waals surface area contributed by atoms with E-state index in [0.717, 1.165) is 10.2 Å². The number of ether oxygens (including phenoxy) is 1. The van der Waals surface area contributed by atoms with E-state index in [4.69, 9.17) is 4.74 Å². The Morgan fingerprint density at radius 2 is 2.00 bits per heavy atom. The summed E-state index contributed by atoms with van der Waals surface area (Å²) in [6.45, 7) is 6.23. The molecule has 8 nitrogen and oxygen atoms in total. The van der Waals surface area contributed by atoms with Gasteiger partial charge in [0.25, 0.3) is 11.6 Å². The van der Waals surface area contributed by atoms with Gasteiger partial charge in [-0.3, -0.25) is 14.9 Å². The summed E-state index contributed by atoms with van der Waals surface area (Å²) < 4.78 is 7.68. The number of non-ortho nitro benzene ring substituents is 1. The molecule has 0 aliphatic rings. The van der Waals surface area contributed by atoms with E-state index in [1.807, 2.05) is 4.57 Å². The molecule has 0 atom stereocenters. The molecule has 1 heterocycles. The largest absolute Gasteiger partial charge is 0.462 e. The van der Waals surface area contributed by atoms with Crippen LogP contribution in [0.2, 0.25) is 0 Å². The minimum atomic E-state index is -0.490. The monoisotopic (exact) mass is 425 g/mol. The fraction of sp³-hybridized carbons (Fsp3) is 0.190. The number of hydrogen-bond acceptors (Lipinski definition) is 6. The van der Waals surface area contributed by atoms with Crippen molar-refractivity contribution in [2.75, 3.05) is 6.61 Å². The van der Waals surface area contributed by atoms with Crippen molar-refractivity contribution in [3.63, 3.8) is 0 Å². The van der Waals surface area contributed by atoms with E-state index < -0.39 is 10.9 Å². The predicted molar refractivity (Wildman–Crippen MR) is 113 cm³/mol. The van der Waals surface area contributed by atoms with Gasteiger partial charge in [0.05, 0.1) is 33.7 Å². The first-order chi connectivity index (χ1) is 14.4. The van der Waals surface area contributed by atoms with Crippen molar-refractivity contribution in [3.05, 3.63) is 81.2 Å². The summed E-state index contributed by atoms with van der Waals surface area (Å²) in [4.78, 5) is 39.4. The fourth-order valence-corrected chi connectivity index (χ4v) is 3.96. The van der Waals surface area contributed by atoms with E-state index in [2.05, 4.69) is 11.6 Å². The van der Waals surface area contributed by atoms with Crippen molar-refractivity contribution < 1.29 is 19.2 Å². The molecule has 0 saturated carbocycles. The van der Waals surface area contributed by atoms with E-state index in [9.17, 15) is 19.7 Å². The summed E-state index contributed by atoms with van der Waals surface area (Å²) in [5, 5.41) is 10.7. The molecule has 0 saturated heterocycles. The van der Waals surface area contributed by atoms with Gasteiger partial charge in [-0.25, -0.2) is 4.79 Å². The molecule has 0 radical (unpaired) electrons. The lowest BCUT2D eigenvalue weighted by atomic mass is 10.1. The zero-order valence-corrected chi connectivity index (χ0v) is 17.1. The number of nitro benzene ring substituents is 1. The van der Waals surface area contributed by atoms with Gasteiger partial charge in [0, 0.05) is 18.7 Å². The molecule has 0 aliphatic heterocycles. The lowest BCUT2D eigenvalue weighted by Crippen LogP contribution is -2.17. The van der Waals surface area contributed by atoms with Gasteiger partial charge in [-0.1, -0.05) is 29.5 Å². The lowest BCUT2D eigenvalue weighted by Gasteiger charge is -2.03. The Kier molecular flexibility index (Phi) is 6.53. The third-order valence-corrected chi connectivity index (χ3v) is 5.27. The molecule has 1 amide bonds. The highest BCUT2D eigenvalue weighted by atomic mass is 32.1. The number of allylic oxidation sites excluding steroid dienone is 1. The summed E-state index contributed by atoms with van der Waals surface area (Å²) in [5.74, 6) is -0.783. The number of carbonyl (C=O) groups is 2. The maximum Gasteiger partial charge on any atom is 0.338 e. The molecule has 3 rings (SSSR count). The van der Waals surface area contributed by atoms with E-state index in [-0.39, 0.29) is 24.6 Å². The van der Waals surface area contributed by atoms with Gasteiger partial charge < -0.3 is 9.30 Å². The Bertz CT molecular complexity index is 1190. The zero-order valence-electron chi connectivity index (χ0n) is 16.2. The van der Waals surface area contributed by atoms with Crippen LogP contribution in [-0.2, 0) is 22.5 Å². The van der Waals surface area contributed by atoms with Crippen molar-refractivity contribution in [3.8, 4) is 0 Å². The van der Waals surface area contributed by atoms with Crippen LogP contribution >= 0.6 is 11.3 Å². The Hall–Kier alpha value is -3.59. The first-order valence-corrected chi connectivity index (χ1v) is 9.97. The number of benzene rings is 2. The second-order valence-corrected chi connectivity index (χ2v) is 7.30. The molecule has 3 aromatic rings. The summed E-state index contributed by atoms with van der Waals surface area (Å²) in [6, 6.07) is 11.0. The number of amides is 1. The minimum absolute atomic E-state index is 0.0222. The van der Waals surface area contributed by atoms with Crippen LogP contribution in [0.5, 0.6) is 0 Å². The highest BCUT2D eigenvalue weighted by Gasteiger charge is 2.12. The Morgan fingerprint density at radius 1 is 1.27 bits per heavy atom. The summed E-state index contributed by atoms with van der Waals surface area (Å²) in [6.07, 6.45) is 1.72. The first-order valence-electron chi connectivity index (χ1n) is 9.15.